The van der Waals surface area contributed by atoms with E-state index in [1.54, 1.807) is 6.20 Å². The van der Waals surface area contributed by atoms with Crippen LogP contribution in [0.25, 0.3) is 0 Å². The minimum Gasteiger partial charge on any atom is -0.350 e. The monoisotopic (exact) mass is 319 g/mol. The average Bonchev–Trinajstić information content (AvgIpc) is 2.59. The maximum absolute atomic E-state index is 12.4. The maximum Gasteiger partial charge on any atom is 0.254 e. The number of piperidine rings is 3. The van der Waals surface area contributed by atoms with Gasteiger partial charge < -0.3 is 5.32 Å². The van der Waals surface area contributed by atoms with Crippen LogP contribution in [0.1, 0.15) is 36.5 Å². The van der Waals surface area contributed by atoms with E-state index < -0.39 is 0 Å². The first-order valence-electron chi connectivity index (χ1n) is 8.24. The molecule has 4 rings (SSSR count). The number of hydrogen-bond acceptors (Lipinski definition) is 4. The van der Waals surface area contributed by atoms with E-state index >= 15 is 0 Å². The van der Waals surface area contributed by atoms with Gasteiger partial charge in [-0.15, -0.1) is 11.8 Å². The van der Waals surface area contributed by atoms with Crippen LogP contribution in [0.3, 0.4) is 0 Å². The number of amides is 1. The summed E-state index contributed by atoms with van der Waals surface area (Å²) in [5.41, 5.74) is 0.692. The second-order valence-electron chi connectivity index (χ2n) is 6.37. The van der Waals surface area contributed by atoms with Gasteiger partial charge in [0.1, 0.15) is 5.03 Å². The summed E-state index contributed by atoms with van der Waals surface area (Å²) in [6, 6.07) is 4.20. The highest BCUT2D eigenvalue weighted by Crippen LogP contribution is 2.37. The van der Waals surface area contributed by atoms with Crippen LogP contribution in [0, 0.1) is 11.8 Å². The number of fused-ring (bicyclic) bond motifs is 3. The molecular weight excluding hydrogens is 294 g/mol. The predicted molar refractivity (Wildman–Crippen MR) is 90.2 cm³/mol. The Bertz CT molecular complexity index is 536. The summed E-state index contributed by atoms with van der Waals surface area (Å²) in [7, 11) is 0. The molecular formula is C17H25N3OS. The lowest BCUT2D eigenvalue weighted by molar-refractivity contribution is 0.000712. The van der Waals surface area contributed by atoms with Crippen LogP contribution in [-0.4, -0.2) is 47.7 Å². The van der Waals surface area contributed by atoms with Crippen LogP contribution in [0.15, 0.2) is 23.4 Å². The Balaban J connectivity index is 1.58. The SMILES string of the molecule is CC[C@@H]1CN2CC[C@H]1C[C@@H]2CNC(=O)c1cccnc1SC. The molecule has 3 fully saturated rings. The van der Waals surface area contributed by atoms with E-state index in [9.17, 15) is 4.79 Å². The van der Waals surface area contributed by atoms with E-state index in [4.69, 9.17) is 0 Å². The van der Waals surface area contributed by atoms with E-state index in [0.717, 1.165) is 23.4 Å². The van der Waals surface area contributed by atoms with Gasteiger partial charge in [-0.25, -0.2) is 4.98 Å². The van der Waals surface area contributed by atoms with Crippen LogP contribution >= 0.6 is 11.8 Å². The molecule has 3 aliphatic heterocycles. The van der Waals surface area contributed by atoms with Crippen LogP contribution in [-0.2, 0) is 0 Å². The fourth-order valence-electron chi connectivity index (χ4n) is 3.96. The topological polar surface area (TPSA) is 45.2 Å². The Hall–Kier alpha value is -1.07. The largest absolute Gasteiger partial charge is 0.350 e. The van der Waals surface area contributed by atoms with Gasteiger partial charge in [0, 0.05) is 25.3 Å². The average molecular weight is 319 g/mol. The standard InChI is InChI=1S/C17H25N3OS/c1-3-12-11-20-8-6-13(12)9-14(20)10-19-16(21)15-5-4-7-18-17(15)22-2/h4-5,7,12-14H,3,6,8-11H2,1-2H3,(H,19,21)/t12-,13+,14-/m1/s1. The highest BCUT2D eigenvalue weighted by molar-refractivity contribution is 7.98. The zero-order valence-electron chi connectivity index (χ0n) is 13.4. The minimum atomic E-state index is 0.00661. The number of aromatic nitrogens is 1. The Labute approximate surface area is 137 Å². The highest BCUT2D eigenvalue weighted by atomic mass is 32.2. The van der Waals surface area contributed by atoms with E-state index in [1.165, 1.54) is 44.1 Å². The first-order chi connectivity index (χ1) is 10.7. The molecule has 0 radical (unpaired) electrons. The summed E-state index contributed by atoms with van der Waals surface area (Å²) in [5, 5.41) is 3.93. The molecule has 1 amide bonds. The fourth-order valence-corrected chi connectivity index (χ4v) is 4.50. The Morgan fingerprint density at radius 2 is 2.41 bits per heavy atom. The van der Waals surface area contributed by atoms with E-state index in [1.807, 2.05) is 18.4 Å². The lowest BCUT2D eigenvalue weighted by Gasteiger charge is -2.50. The zero-order chi connectivity index (χ0) is 15.5. The fraction of sp³-hybridized carbons (Fsp3) is 0.647. The molecule has 1 aromatic heterocycles. The van der Waals surface area contributed by atoms with Gasteiger partial charge in [0.25, 0.3) is 5.91 Å². The van der Waals surface area contributed by atoms with Crippen molar-refractivity contribution < 1.29 is 4.79 Å². The van der Waals surface area contributed by atoms with Crippen molar-refractivity contribution in [1.29, 1.82) is 0 Å². The molecule has 120 valence electrons. The molecule has 0 aliphatic carbocycles. The highest BCUT2D eigenvalue weighted by Gasteiger charge is 2.39. The summed E-state index contributed by atoms with van der Waals surface area (Å²) in [6.45, 7) is 5.47. The predicted octanol–water partition coefficient (Wildman–Crippen LogP) is 2.65. The van der Waals surface area contributed by atoms with Crippen LogP contribution in [0.4, 0.5) is 0 Å². The molecule has 0 saturated carbocycles. The lowest BCUT2D eigenvalue weighted by atomic mass is 9.74. The van der Waals surface area contributed by atoms with Crippen molar-refractivity contribution in [2.75, 3.05) is 25.9 Å². The third-order valence-electron chi connectivity index (χ3n) is 5.25. The molecule has 1 unspecified atom stereocenters. The number of hydrogen-bond donors (Lipinski definition) is 1. The van der Waals surface area contributed by atoms with Gasteiger partial charge in [-0.2, -0.15) is 0 Å². The molecule has 22 heavy (non-hydrogen) atoms. The van der Waals surface area contributed by atoms with Crippen LogP contribution in [0.5, 0.6) is 0 Å². The van der Waals surface area contributed by atoms with Crippen LogP contribution < -0.4 is 5.32 Å². The van der Waals surface area contributed by atoms with Crippen molar-refractivity contribution in [3.05, 3.63) is 23.9 Å². The normalized spacial score (nSPS) is 30.3. The number of nitrogens with zero attached hydrogens (tertiary/aromatic N) is 2. The van der Waals surface area contributed by atoms with E-state index in [0.29, 0.717) is 11.6 Å². The van der Waals surface area contributed by atoms with Crippen molar-refractivity contribution >= 4 is 17.7 Å². The van der Waals surface area contributed by atoms with Gasteiger partial charge in [0.2, 0.25) is 0 Å². The summed E-state index contributed by atoms with van der Waals surface area (Å²) in [5.74, 6) is 1.73. The Morgan fingerprint density at radius 1 is 1.55 bits per heavy atom. The van der Waals surface area contributed by atoms with Crippen molar-refractivity contribution in [2.24, 2.45) is 11.8 Å². The summed E-state index contributed by atoms with van der Waals surface area (Å²) < 4.78 is 0. The summed E-state index contributed by atoms with van der Waals surface area (Å²) in [6.07, 6.45) is 7.55. The molecule has 2 bridgehead atoms. The van der Waals surface area contributed by atoms with Gasteiger partial charge in [0.05, 0.1) is 5.56 Å². The number of rotatable bonds is 5. The van der Waals surface area contributed by atoms with Gasteiger partial charge in [0.15, 0.2) is 0 Å². The lowest BCUT2D eigenvalue weighted by Crippen LogP contribution is -2.56. The van der Waals surface area contributed by atoms with E-state index in [-0.39, 0.29) is 5.91 Å². The van der Waals surface area contributed by atoms with Gasteiger partial charge in [-0.05, 0) is 49.6 Å². The summed E-state index contributed by atoms with van der Waals surface area (Å²) in [4.78, 5) is 19.3. The first kappa shape index (κ1) is 15.8. The second kappa shape index (κ2) is 7.01. The maximum atomic E-state index is 12.4. The van der Waals surface area contributed by atoms with E-state index in [2.05, 4.69) is 22.1 Å². The van der Waals surface area contributed by atoms with Crippen molar-refractivity contribution in [1.82, 2.24) is 15.2 Å². The number of carbonyl (C=O) groups excluding carboxylic acids is 1. The number of pyridine rings is 1. The number of carbonyl (C=O) groups is 1. The first-order valence-corrected chi connectivity index (χ1v) is 9.46. The molecule has 4 heterocycles. The third kappa shape index (κ3) is 3.15. The Morgan fingerprint density at radius 3 is 3.09 bits per heavy atom. The molecule has 3 aliphatic rings. The second-order valence-corrected chi connectivity index (χ2v) is 7.17. The molecule has 5 heteroatoms. The third-order valence-corrected chi connectivity index (χ3v) is 5.96. The molecule has 1 N–H and O–H groups in total. The number of thioether (sulfide) groups is 1. The van der Waals surface area contributed by atoms with Crippen molar-refractivity contribution in [2.45, 2.75) is 37.3 Å². The molecule has 0 spiro atoms. The van der Waals surface area contributed by atoms with Gasteiger partial charge >= 0.3 is 0 Å². The van der Waals surface area contributed by atoms with Crippen molar-refractivity contribution in [3.8, 4) is 0 Å². The van der Waals surface area contributed by atoms with Gasteiger partial charge in [-0.3, -0.25) is 9.69 Å². The Kier molecular flexibility index (Phi) is 5.03. The number of nitrogens with one attached hydrogen (secondary N) is 1. The van der Waals surface area contributed by atoms with Gasteiger partial charge in [-0.1, -0.05) is 13.3 Å². The molecule has 3 saturated heterocycles. The van der Waals surface area contributed by atoms with Crippen LogP contribution in [0.2, 0.25) is 0 Å². The zero-order valence-corrected chi connectivity index (χ0v) is 14.2. The van der Waals surface area contributed by atoms with Crippen molar-refractivity contribution in [3.63, 3.8) is 0 Å². The quantitative estimate of drug-likeness (QED) is 0.848. The molecule has 0 aromatic carbocycles. The molecule has 1 aromatic rings. The summed E-state index contributed by atoms with van der Waals surface area (Å²) >= 11 is 1.52. The molecule has 4 atom stereocenters. The molecule has 4 nitrogen and oxygen atoms in total. The minimum absolute atomic E-state index is 0.00661. The smallest absolute Gasteiger partial charge is 0.254 e.